The number of carbonyl (C=O) groups is 1. The molecule has 11 heteroatoms. The van der Waals surface area contributed by atoms with Crippen LogP contribution in [0.2, 0.25) is 5.02 Å². The maximum atomic E-state index is 13.4. The molecule has 0 bridgehead atoms. The molecule has 3 rings (SSSR count). The van der Waals surface area contributed by atoms with E-state index in [0.29, 0.717) is 5.69 Å². The summed E-state index contributed by atoms with van der Waals surface area (Å²) in [6.07, 6.45) is 3.51. The number of halogens is 2. The first-order valence-corrected chi connectivity index (χ1v) is 10.6. The zero-order chi connectivity index (χ0) is 22.1. The van der Waals surface area contributed by atoms with Crippen LogP contribution in [0.25, 0.3) is 11.4 Å². The maximum Gasteiger partial charge on any atom is 0.257 e. The van der Waals surface area contributed by atoms with Crippen LogP contribution in [0, 0.1) is 17.1 Å². The summed E-state index contributed by atoms with van der Waals surface area (Å²) < 4.78 is 40.1. The quantitative estimate of drug-likeness (QED) is 0.621. The van der Waals surface area contributed by atoms with Crippen molar-refractivity contribution in [2.75, 3.05) is 16.3 Å². The highest BCUT2D eigenvalue weighted by molar-refractivity contribution is 7.92. The minimum Gasteiger partial charge on any atom is -0.348 e. The average Bonchev–Trinajstić information content (AvgIpc) is 3.01. The highest BCUT2D eigenvalue weighted by Crippen LogP contribution is 2.26. The lowest BCUT2D eigenvalue weighted by Crippen LogP contribution is -2.13. The van der Waals surface area contributed by atoms with E-state index in [4.69, 9.17) is 11.6 Å². The zero-order valence-electron chi connectivity index (χ0n) is 15.8. The summed E-state index contributed by atoms with van der Waals surface area (Å²) >= 11 is 6.00. The van der Waals surface area contributed by atoms with Crippen LogP contribution >= 0.6 is 11.6 Å². The number of carbonyl (C=O) groups excluding carboxylic acids is 1. The van der Waals surface area contributed by atoms with Crippen LogP contribution in [0.1, 0.15) is 15.9 Å². The number of sulfonamides is 1. The Morgan fingerprint density at radius 1 is 1.23 bits per heavy atom. The van der Waals surface area contributed by atoms with Crippen molar-refractivity contribution in [1.82, 2.24) is 9.55 Å². The number of hydrogen-bond acceptors (Lipinski definition) is 5. The lowest BCUT2D eigenvalue weighted by atomic mass is 10.1. The maximum absolute atomic E-state index is 13.4. The predicted molar refractivity (Wildman–Crippen MR) is 111 cm³/mol. The van der Waals surface area contributed by atoms with Gasteiger partial charge in [0.15, 0.2) is 0 Å². The number of nitrogens with zero attached hydrogens (tertiary/aromatic N) is 3. The van der Waals surface area contributed by atoms with Crippen LogP contribution in [0.4, 0.5) is 15.8 Å². The average molecular weight is 448 g/mol. The van der Waals surface area contributed by atoms with Gasteiger partial charge in [-0.05, 0) is 30.3 Å². The number of nitriles is 1. The van der Waals surface area contributed by atoms with Crippen molar-refractivity contribution in [3.63, 3.8) is 0 Å². The Morgan fingerprint density at radius 3 is 2.60 bits per heavy atom. The van der Waals surface area contributed by atoms with Gasteiger partial charge in [-0.3, -0.25) is 14.5 Å². The number of nitrogens with one attached hydrogen (secondary N) is 2. The van der Waals surface area contributed by atoms with Gasteiger partial charge in [0.25, 0.3) is 5.91 Å². The third-order valence-electron chi connectivity index (χ3n) is 3.94. The van der Waals surface area contributed by atoms with E-state index >= 15 is 0 Å². The van der Waals surface area contributed by atoms with E-state index in [-0.39, 0.29) is 33.2 Å². The Morgan fingerprint density at radius 2 is 1.93 bits per heavy atom. The lowest BCUT2D eigenvalue weighted by molar-refractivity contribution is 0.102. The van der Waals surface area contributed by atoms with E-state index in [0.717, 1.165) is 18.5 Å². The first-order valence-electron chi connectivity index (χ1n) is 8.38. The van der Waals surface area contributed by atoms with Crippen molar-refractivity contribution in [2.45, 2.75) is 0 Å². The Bertz CT molecular complexity index is 1300. The molecule has 8 nitrogen and oxygen atoms in total. The molecule has 1 amide bonds. The second-order valence-corrected chi connectivity index (χ2v) is 8.63. The lowest BCUT2D eigenvalue weighted by Gasteiger charge is -2.09. The standard InChI is InChI=1S/C19H15ClFN5O3S/c1-26-10-12(4-17(26)18-11(8-22)3-14(21)9-23-18)19(27)24-15-5-13(20)6-16(7-15)25-30(2,28)29/h3-7,9-10,25H,1-2H3,(H,24,27). The molecular formula is C19H15ClFN5O3S. The predicted octanol–water partition coefficient (Wildman–Crippen LogP) is 3.38. The van der Waals surface area contributed by atoms with Crippen LogP contribution in [-0.2, 0) is 17.1 Å². The molecule has 0 aliphatic rings. The molecule has 0 aliphatic heterocycles. The van der Waals surface area contributed by atoms with Gasteiger partial charge in [-0.25, -0.2) is 12.8 Å². The summed E-state index contributed by atoms with van der Waals surface area (Å²) in [5, 5.41) is 12.1. The summed E-state index contributed by atoms with van der Waals surface area (Å²) in [5.41, 5.74) is 1.45. The third-order valence-corrected chi connectivity index (χ3v) is 4.77. The number of hydrogen-bond donors (Lipinski definition) is 2. The summed E-state index contributed by atoms with van der Waals surface area (Å²) in [4.78, 5) is 16.6. The van der Waals surface area contributed by atoms with Crippen LogP contribution in [0.3, 0.4) is 0 Å². The summed E-state index contributed by atoms with van der Waals surface area (Å²) in [6.45, 7) is 0. The van der Waals surface area contributed by atoms with Gasteiger partial charge in [0, 0.05) is 24.0 Å². The smallest absolute Gasteiger partial charge is 0.257 e. The number of benzene rings is 1. The van der Waals surface area contributed by atoms with Crippen molar-refractivity contribution in [2.24, 2.45) is 7.05 Å². The summed E-state index contributed by atoms with van der Waals surface area (Å²) in [5.74, 6) is -1.13. The van der Waals surface area contributed by atoms with E-state index in [1.165, 1.54) is 30.5 Å². The molecule has 0 saturated heterocycles. The molecule has 0 radical (unpaired) electrons. The highest BCUT2D eigenvalue weighted by Gasteiger charge is 2.17. The molecule has 3 aromatic rings. The van der Waals surface area contributed by atoms with Crippen molar-refractivity contribution >= 4 is 38.9 Å². The molecular weight excluding hydrogens is 433 g/mol. The molecule has 0 atom stereocenters. The van der Waals surface area contributed by atoms with Gasteiger partial charge in [-0.15, -0.1) is 0 Å². The van der Waals surface area contributed by atoms with Crippen molar-refractivity contribution in [3.05, 3.63) is 64.7 Å². The molecule has 154 valence electrons. The number of pyridine rings is 1. The normalized spacial score (nSPS) is 11.0. The third kappa shape index (κ3) is 4.94. The van der Waals surface area contributed by atoms with E-state index in [2.05, 4.69) is 15.0 Å². The van der Waals surface area contributed by atoms with Gasteiger partial charge < -0.3 is 9.88 Å². The Balaban J connectivity index is 1.90. The molecule has 0 saturated carbocycles. The van der Waals surface area contributed by atoms with Crippen LogP contribution in [0.5, 0.6) is 0 Å². The van der Waals surface area contributed by atoms with Crippen LogP contribution in [0.15, 0.2) is 42.7 Å². The van der Waals surface area contributed by atoms with Gasteiger partial charge in [0.1, 0.15) is 17.6 Å². The fourth-order valence-electron chi connectivity index (χ4n) is 2.79. The largest absolute Gasteiger partial charge is 0.348 e. The van der Waals surface area contributed by atoms with Gasteiger partial charge in [-0.2, -0.15) is 5.26 Å². The topological polar surface area (TPSA) is 117 Å². The fourth-order valence-corrected chi connectivity index (χ4v) is 3.57. The Kier molecular flexibility index (Phi) is 5.78. The molecule has 0 unspecified atom stereocenters. The second kappa shape index (κ2) is 8.14. The first-order chi connectivity index (χ1) is 14.1. The monoisotopic (exact) mass is 447 g/mol. The molecule has 0 aliphatic carbocycles. The van der Waals surface area contributed by atoms with Gasteiger partial charge >= 0.3 is 0 Å². The number of rotatable bonds is 5. The molecule has 2 heterocycles. The SMILES string of the molecule is Cn1cc(C(=O)Nc2cc(Cl)cc(NS(C)(=O)=O)c2)cc1-c1ncc(F)cc1C#N. The number of amides is 1. The number of anilines is 2. The number of aryl methyl sites for hydroxylation is 1. The first kappa shape index (κ1) is 21.3. The van der Waals surface area contributed by atoms with Crippen LogP contribution < -0.4 is 10.0 Å². The van der Waals surface area contributed by atoms with E-state index < -0.39 is 21.7 Å². The van der Waals surface area contributed by atoms with Gasteiger partial charge in [0.2, 0.25) is 10.0 Å². The fraction of sp³-hybridized carbons (Fsp3) is 0.105. The van der Waals surface area contributed by atoms with Gasteiger partial charge in [-0.1, -0.05) is 11.6 Å². The van der Waals surface area contributed by atoms with E-state index in [1.54, 1.807) is 11.6 Å². The van der Waals surface area contributed by atoms with Crippen molar-refractivity contribution in [3.8, 4) is 17.5 Å². The van der Waals surface area contributed by atoms with Crippen LogP contribution in [-0.4, -0.2) is 30.1 Å². The van der Waals surface area contributed by atoms with Crippen molar-refractivity contribution in [1.29, 1.82) is 5.26 Å². The molecule has 0 fully saturated rings. The molecule has 30 heavy (non-hydrogen) atoms. The molecule has 0 spiro atoms. The molecule has 1 aromatic carbocycles. The zero-order valence-corrected chi connectivity index (χ0v) is 17.3. The minimum atomic E-state index is -3.52. The van der Waals surface area contributed by atoms with Crippen molar-refractivity contribution < 1.29 is 17.6 Å². The summed E-state index contributed by atoms with van der Waals surface area (Å²) in [7, 11) is -1.86. The Hall–Kier alpha value is -3.42. The highest BCUT2D eigenvalue weighted by atomic mass is 35.5. The molecule has 2 aromatic heterocycles. The molecule has 2 N–H and O–H groups in total. The second-order valence-electron chi connectivity index (χ2n) is 6.44. The van der Waals surface area contributed by atoms with Gasteiger partial charge in [0.05, 0.1) is 35.0 Å². The number of aromatic nitrogens is 2. The Labute approximate surface area is 177 Å². The van der Waals surface area contributed by atoms with E-state index in [1.807, 2.05) is 6.07 Å². The minimum absolute atomic E-state index is 0.0366. The van der Waals surface area contributed by atoms with E-state index in [9.17, 15) is 22.9 Å². The summed E-state index contributed by atoms with van der Waals surface area (Å²) in [6, 6.07) is 8.75.